The van der Waals surface area contributed by atoms with Gasteiger partial charge in [0.05, 0.1) is 24.8 Å². The molecule has 28 heavy (non-hydrogen) atoms. The summed E-state index contributed by atoms with van der Waals surface area (Å²) in [6.45, 7) is 0. The van der Waals surface area contributed by atoms with Crippen LogP contribution in [0, 0.1) is 0 Å². The molecule has 0 saturated carbocycles. The number of hydrogen-bond acceptors (Lipinski definition) is 7. The van der Waals surface area contributed by atoms with Crippen LogP contribution in [0.4, 0.5) is 5.69 Å². The molecule has 9 heteroatoms. The molecule has 144 valence electrons. The van der Waals surface area contributed by atoms with Gasteiger partial charge in [-0.25, -0.2) is 9.79 Å². The van der Waals surface area contributed by atoms with E-state index in [-0.39, 0.29) is 11.5 Å². The molecular formula is C19H16N2O6S. The number of carboxylic acids is 1. The molecule has 8 nitrogen and oxygen atoms in total. The van der Waals surface area contributed by atoms with Gasteiger partial charge in [-0.05, 0) is 47.7 Å². The second kappa shape index (κ2) is 8.05. The van der Waals surface area contributed by atoms with E-state index in [1.165, 1.54) is 25.3 Å². The molecule has 1 amide bonds. The molecule has 0 radical (unpaired) electrons. The van der Waals surface area contributed by atoms with Crippen LogP contribution in [0.5, 0.6) is 17.2 Å². The number of aromatic carboxylic acids is 1. The summed E-state index contributed by atoms with van der Waals surface area (Å²) in [5.74, 6) is -0.821. The Balaban J connectivity index is 1.83. The Bertz CT molecular complexity index is 1020. The van der Waals surface area contributed by atoms with Crippen LogP contribution in [0.2, 0.25) is 0 Å². The van der Waals surface area contributed by atoms with Crippen LogP contribution < -0.4 is 14.8 Å². The van der Waals surface area contributed by atoms with Crippen molar-refractivity contribution in [2.24, 2.45) is 4.99 Å². The molecule has 2 aromatic rings. The second-order valence-corrected chi connectivity index (χ2v) is 6.63. The van der Waals surface area contributed by atoms with Crippen molar-refractivity contribution >= 4 is 40.6 Å². The van der Waals surface area contributed by atoms with Gasteiger partial charge in [0.2, 0.25) is 0 Å². The molecule has 3 rings (SSSR count). The van der Waals surface area contributed by atoms with Crippen molar-refractivity contribution in [3.05, 3.63) is 52.4 Å². The number of ether oxygens (including phenoxy) is 2. The van der Waals surface area contributed by atoms with Gasteiger partial charge in [-0.2, -0.15) is 0 Å². The smallest absolute Gasteiger partial charge is 0.339 e. The average molecular weight is 400 g/mol. The molecule has 1 aliphatic rings. The van der Waals surface area contributed by atoms with Crippen molar-refractivity contribution < 1.29 is 29.3 Å². The average Bonchev–Trinajstić information content (AvgIpc) is 3.00. The van der Waals surface area contributed by atoms with Crippen LogP contribution in [-0.2, 0) is 4.79 Å². The molecule has 0 unspecified atom stereocenters. The largest absolute Gasteiger partial charge is 0.507 e. The zero-order chi connectivity index (χ0) is 20.3. The lowest BCUT2D eigenvalue weighted by atomic mass is 10.2. The first-order valence-electron chi connectivity index (χ1n) is 7.99. The van der Waals surface area contributed by atoms with Crippen LogP contribution in [-0.4, -0.2) is 41.5 Å². The van der Waals surface area contributed by atoms with Crippen molar-refractivity contribution in [1.82, 2.24) is 5.32 Å². The molecule has 2 aromatic carbocycles. The number of hydrogen-bond donors (Lipinski definition) is 3. The number of amides is 1. The summed E-state index contributed by atoms with van der Waals surface area (Å²) in [7, 11) is 3.07. The van der Waals surface area contributed by atoms with Gasteiger partial charge in [0, 0.05) is 6.07 Å². The van der Waals surface area contributed by atoms with Crippen LogP contribution in [0.1, 0.15) is 15.9 Å². The Morgan fingerprint density at radius 1 is 1.14 bits per heavy atom. The van der Waals surface area contributed by atoms with E-state index in [1.54, 1.807) is 31.4 Å². The predicted molar refractivity (Wildman–Crippen MR) is 105 cm³/mol. The third kappa shape index (κ3) is 4.09. The minimum Gasteiger partial charge on any atom is -0.507 e. The highest BCUT2D eigenvalue weighted by Gasteiger charge is 2.24. The van der Waals surface area contributed by atoms with Crippen molar-refractivity contribution in [3.63, 3.8) is 0 Å². The number of rotatable bonds is 5. The van der Waals surface area contributed by atoms with E-state index in [0.29, 0.717) is 27.3 Å². The fourth-order valence-electron chi connectivity index (χ4n) is 2.46. The molecule has 0 aliphatic carbocycles. The number of nitrogens with zero attached hydrogens (tertiary/aromatic N) is 1. The highest BCUT2D eigenvalue weighted by atomic mass is 32.2. The van der Waals surface area contributed by atoms with Gasteiger partial charge in [0.25, 0.3) is 5.91 Å². The molecule has 1 saturated heterocycles. The summed E-state index contributed by atoms with van der Waals surface area (Å²) in [5, 5.41) is 21.6. The number of carbonyl (C=O) groups excluding carboxylic acids is 1. The van der Waals surface area contributed by atoms with Crippen molar-refractivity contribution in [2.75, 3.05) is 14.2 Å². The van der Waals surface area contributed by atoms with E-state index in [1.807, 2.05) is 0 Å². The Hall–Kier alpha value is -3.46. The maximum atomic E-state index is 12.2. The summed E-state index contributed by atoms with van der Waals surface area (Å²) >= 11 is 1.13. The molecule has 0 bridgehead atoms. The zero-order valence-corrected chi connectivity index (χ0v) is 15.7. The fraction of sp³-hybridized carbons (Fsp3) is 0.105. The minimum atomic E-state index is -1.24. The van der Waals surface area contributed by atoms with Crippen molar-refractivity contribution in [1.29, 1.82) is 0 Å². The first-order chi connectivity index (χ1) is 13.4. The quantitative estimate of drug-likeness (QED) is 0.661. The van der Waals surface area contributed by atoms with Crippen molar-refractivity contribution in [2.45, 2.75) is 0 Å². The van der Waals surface area contributed by atoms with Crippen LogP contribution in [0.15, 0.2) is 46.3 Å². The van der Waals surface area contributed by atoms with Gasteiger partial charge in [0.1, 0.15) is 11.3 Å². The monoisotopic (exact) mass is 400 g/mol. The highest BCUT2D eigenvalue weighted by molar-refractivity contribution is 8.18. The third-order valence-electron chi connectivity index (χ3n) is 3.80. The maximum Gasteiger partial charge on any atom is 0.339 e. The molecule has 3 N–H and O–H groups in total. The van der Waals surface area contributed by atoms with Crippen LogP contribution in [0.25, 0.3) is 6.08 Å². The lowest BCUT2D eigenvalue weighted by Crippen LogP contribution is -2.19. The molecule has 1 fully saturated rings. The van der Waals surface area contributed by atoms with Gasteiger partial charge in [-0.3, -0.25) is 4.79 Å². The summed E-state index contributed by atoms with van der Waals surface area (Å²) in [6, 6.07) is 9.19. The van der Waals surface area contributed by atoms with E-state index in [9.17, 15) is 14.7 Å². The van der Waals surface area contributed by atoms with Gasteiger partial charge in [-0.15, -0.1) is 0 Å². The number of benzene rings is 2. The first-order valence-corrected chi connectivity index (χ1v) is 8.81. The number of carboxylic acid groups (broad SMARTS) is 1. The third-order valence-corrected chi connectivity index (χ3v) is 4.71. The van der Waals surface area contributed by atoms with E-state index >= 15 is 0 Å². The van der Waals surface area contributed by atoms with E-state index < -0.39 is 11.7 Å². The highest BCUT2D eigenvalue weighted by Crippen LogP contribution is 2.32. The molecule has 0 aromatic heterocycles. The molecular weight excluding hydrogens is 384 g/mol. The molecule has 0 atom stereocenters. The van der Waals surface area contributed by atoms with Gasteiger partial charge < -0.3 is 25.0 Å². The number of methoxy groups -OCH3 is 2. The lowest BCUT2D eigenvalue weighted by molar-refractivity contribution is -0.115. The Labute approximate surface area is 164 Å². The van der Waals surface area contributed by atoms with Crippen LogP contribution >= 0.6 is 11.8 Å². The van der Waals surface area contributed by atoms with E-state index in [0.717, 1.165) is 17.3 Å². The lowest BCUT2D eigenvalue weighted by Gasteiger charge is -2.07. The number of aromatic hydroxyl groups is 1. The predicted octanol–water partition coefficient (Wildman–Crippen LogP) is 3.00. The number of aliphatic imine (C=N–C) groups is 1. The first kappa shape index (κ1) is 19.3. The van der Waals surface area contributed by atoms with Gasteiger partial charge >= 0.3 is 5.97 Å². The standard InChI is InChI=1S/C19H16N2O6S/c1-26-14-6-3-10(7-15(14)27-2)8-16-17(23)21-19(28-16)20-11-4-5-12(18(24)25)13(22)9-11/h3-9,22H,1-2H3,(H,24,25)(H,20,21,23)/b16-8-. The molecule has 1 heterocycles. The SMILES string of the molecule is COc1ccc(/C=C2\SC(=Nc3ccc(C(=O)O)c(O)c3)NC2=O)cc1OC. The summed E-state index contributed by atoms with van der Waals surface area (Å²) in [4.78, 5) is 27.8. The van der Waals surface area contributed by atoms with Crippen molar-refractivity contribution in [3.8, 4) is 17.2 Å². The second-order valence-electron chi connectivity index (χ2n) is 5.60. The number of carbonyl (C=O) groups is 2. The number of nitrogens with one attached hydrogen (secondary N) is 1. The minimum absolute atomic E-state index is 0.221. The Morgan fingerprint density at radius 2 is 1.89 bits per heavy atom. The van der Waals surface area contributed by atoms with Crippen LogP contribution in [0.3, 0.4) is 0 Å². The number of amidine groups is 1. The number of thioether (sulfide) groups is 1. The van der Waals surface area contributed by atoms with Gasteiger partial charge in [-0.1, -0.05) is 6.07 Å². The number of phenols is 1. The fourth-order valence-corrected chi connectivity index (χ4v) is 3.30. The Morgan fingerprint density at radius 3 is 2.54 bits per heavy atom. The topological polar surface area (TPSA) is 117 Å². The summed E-state index contributed by atoms with van der Waals surface area (Å²) < 4.78 is 10.4. The van der Waals surface area contributed by atoms with E-state index in [4.69, 9.17) is 14.6 Å². The molecule has 0 spiro atoms. The molecule has 1 aliphatic heterocycles. The van der Waals surface area contributed by atoms with E-state index in [2.05, 4.69) is 10.3 Å². The maximum absolute atomic E-state index is 12.2. The van der Waals surface area contributed by atoms with Gasteiger partial charge in [0.15, 0.2) is 16.7 Å². The summed E-state index contributed by atoms with van der Waals surface area (Å²) in [6.07, 6.45) is 1.69. The normalized spacial score (nSPS) is 16.3. The Kier molecular flexibility index (Phi) is 5.55. The summed E-state index contributed by atoms with van der Waals surface area (Å²) in [5.41, 5.74) is 0.846. The zero-order valence-electron chi connectivity index (χ0n) is 14.9.